The Morgan fingerprint density at radius 3 is 2.75 bits per heavy atom. The van der Waals surface area contributed by atoms with E-state index >= 15 is 0 Å². The van der Waals surface area contributed by atoms with Gasteiger partial charge in [0.15, 0.2) is 5.16 Å². The second-order valence-corrected chi connectivity index (χ2v) is 6.40. The number of thioether (sulfide) groups is 1. The van der Waals surface area contributed by atoms with E-state index in [1.807, 2.05) is 36.4 Å². The number of rotatable bonds is 6. The molecule has 0 bridgehead atoms. The van der Waals surface area contributed by atoms with Gasteiger partial charge in [0.05, 0.1) is 6.04 Å². The predicted molar refractivity (Wildman–Crippen MR) is 94.8 cm³/mol. The molecule has 5 nitrogen and oxygen atoms in total. The van der Waals surface area contributed by atoms with Crippen molar-refractivity contribution in [1.82, 2.24) is 14.8 Å². The monoisotopic (exact) mass is 338 g/mol. The fourth-order valence-electron chi connectivity index (χ4n) is 2.46. The molecule has 1 heterocycles. The molecule has 2 aromatic carbocycles. The topological polar surface area (TPSA) is 73.8 Å². The van der Waals surface area contributed by atoms with Crippen LogP contribution in [0.3, 0.4) is 0 Å². The summed E-state index contributed by atoms with van der Waals surface area (Å²) in [6.07, 6.45) is 1.75. The average Bonchev–Trinajstić information content (AvgIpc) is 3.09. The molecule has 24 heavy (non-hydrogen) atoms. The van der Waals surface area contributed by atoms with Crippen molar-refractivity contribution < 1.29 is 4.79 Å². The third-order valence-corrected chi connectivity index (χ3v) is 4.85. The summed E-state index contributed by atoms with van der Waals surface area (Å²) in [7, 11) is 0. The molecular weight excluding hydrogens is 320 g/mol. The summed E-state index contributed by atoms with van der Waals surface area (Å²) in [5.74, 6) is 0.282. The smallest absolute Gasteiger partial charge is 0.248 e. The molecule has 122 valence electrons. The van der Waals surface area contributed by atoms with E-state index in [1.54, 1.807) is 24.2 Å². The highest BCUT2D eigenvalue weighted by Gasteiger charge is 2.13. The lowest BCUT2D eigenvalue weighted by Crippen LogP contribution is -2.10. The van der Waals surface area contributed by atoms with Crippen LogP contribution in [0, 0.1) is 0 Å². The molecule has 0 saturated carbocycles. The SMILES string of the molecule is C[C@@H](c1ccccc1)n1cnnc1SCc1cccc(C(N)=O)c1. The molecule has 0 radical (unpaired) electrons. The van der Waals surface area contributed by atoms with Gasteiger partial charge in [0.25, 0.3) is 0 Å². The highest BCUT2D eigenvalue weighted by atomic mass is 32.2. The number of benzene rings is 2. The third-order valence-electron chi connectivity index (χ3n) is 3.82. The van der Waals surface area contributed by atoms with Crippen molar-refractivity contribution in [1.29, 1.82) is 0 Å². The fourth-order valence-corrected chi connectivity index (χ4v) is 3.39. The molecule has 1 aromatic heterocycles. The summed E-state index contributed by atoms with van der Waals surface area (Å²) >= 11 is 1.59. The number of hydrogen-bond donors (Lipinski definition) is 1. The number of carbonyl (C=O) groups is 1. The van der Waals surface area contributed by atoms with Gasteiger partial charge in [0.2, 0.25) is 5.91 Å². The van der Waals surface area contributed by atoms with Crippen LogP contribution in [0.15, 0.2) is 66.1 Å². The molecule has 0 fully saturated rings. The molecule has 1 amide bonds. The Hall–Kier alpha value is -2.60. The molecule has 0 unspecified atom stereocenters. The van der Waals surface area contributed by atoms with Crippen molar-refractivity contribution in [3.63, 3.8) is 0 Å². The molecule has 0 saturated heterocycles. The van der Waals surface area contributed by atoms with Gasteiger partial charge >= 0.3 is 0 Å². The van der Waals surface area contributed by atoms with Crippen LogP contribution in [0.25, 0.3) is 0 Å². The molecule has 3 aromatic rings. The summed E-state index contributed by atoms with van der Waals surface area (Å²) in [5, 5.41) is 9.11. The van der Waals surface area contributed by atoms with E-state index in [2.05, 4.69) is 33.8 Å². The molecule has 6 heteroatoms. The Morgan fingerprint density at radius 2 is 2.00 bits per heavy atom. The molecule has 3 rings (SSSR count). The largest absolute Gasteiger partial charge is 0.366 e. The van der Waals surface area contributed by atoms with Crippen LogP contribution in [-0.2, 0) is 5.75 Å². The lowest BCUT2D eigenvalue weighted by Gasteiger charge is -2.15. The molecule has 0 aliphatic heterocycles. The minimum absolute atomic E-state index is 0.153. The Morgan fingerprint density at radius 1 is 1.21 bits per heavy atom. The number of nitrogens with two attached hydrogens (primary N) is 1. The van der Waals surface area contributed by atoms with Crippen LogP contribution in [0.1, 0.15) is 34.5 Å². The van der Waals surface area contributed by atoms with Gasteiger partial charge in [-0.1, -0.05) is 54.2 Å². The van der Waals surface area contributed by atoms with E-state index in [9.17, 15) is 4.79 Å². The predicted octanol–water partition coefficient (Wildman–Crippen LogP) is 3.28. The Labute approximate surface area is 144 Å². The average molecular weight is 338 g/mol. The van der Waals surface area contributed by atoms with Crippen LogP contribution < -0.4 is 5.73 Å². The molecular formula is C18H18N4OS. The first-order valence-electron chi connectivity index (χ1n) is 7.61. The number of hydrogen-bond acceptors (Lipinski definition) is 4. The van der Waals surface area contributed by atoms with Crippen LogP contribution in [-0.4, -0.2) is 20.7 Å². The van der Waals surface area contributed by atoms with Gasteiger partial charge < -0.3 is 10.3 Å². The van der Waals surface area contributed by atoms with Gasteiger partial charge in [0.1, 0.15) is 6.33 Å². The lowest BCUT2D eigenvalue weighted by molar-refractivity contribution is 0.1000. The van der Waals surface area contributed by atoms with Gasteiger partial charge in [-0.15, -0.1) is 10.2 Å². The Balaban J connectivity index is 1.74. The van der Waals surface area contributed by atoms with Gasteiger partial charge in [-0.05, 0) is 30.2 Å². The first-order valence-corrected chi connectivity index (χ1v) is 8.59. The first-order chi connectivity index (χ1) is 11.6. The Bertz CT molecular complexity index is 832. The van der Waals surface area contributed by atoms with E-state index in [1.165, 1.54) is 5.56 Å². The van der Waals surface area contributed by atoms with Crippen molar-refractivity contribution in [3.8, 4) is 0 Å². The van der Waals surface area contributed by atoms with E-state index in [0.29, 0.717) is 11.3 Å². The number of primary amides is 1. The standard InChI is InChI=1S/C18H18N4OS/c1-13(15-7-3-2-4-8-15)22-12-20-21-18(22)24-11-14-6-5-9-16(10-14)17(19)23/h2-10,12-13H,11H2,1H3,(H2,19,23)/t13-/m0/s1. The summed E-state index contributed by atoms with van der Waals surface area (Å²) in [5.41, 5.74) is 8.08. The number of amides is 1. The van der Waals surface area contributed by atoms with E-state index in [4.69, 9.17) is 5.73 Å². The third kappa shape index (κ3) is 3.65. The summed E-state index contributed by atoms with van der Waals surface area (Å²) in [4.78, 5) is 11.3. The van der Waals surface area contributed by atoms with Gasteiger partial charge in [-0.25, -0.2) is 0 Å². The van der Waals surface area contributed by atoms with Crippen molar-refractivity contribution in [3.05, 3.63) is 77.6 Å². The normalized spacial score (nSPS) is 12.0. The first kappa shape index (κ1) is 16.3. The van der Waals surface area contributed by atoms with E-state index in [0.717, 1.165) is 10.7 Å². The maximum Gasteiger partial charge on any atom is 0.248 e. The second-order valence-electron chi connectivity index (χ2n) is 5.46. The minimum Gasteiger partial charge on any atom is -0.366 e. The van der Waals surface area contributed by atoms with Crippen LogP contribution in [0.4, 0.5) is 0 Å². The summed E-state index contributed by atoms with van der Waals surface area (Å²) in [6, 6.07) is 17.7. The van der Waals surface area contributed by atoms with Crippen molar-refractivity contribution >= 4 is 17.7 Å². The maximum atomic E-state index is 11.3. The maximum absolute atomic E-state index is 11.3. The Kier molecular flexibility index (Phi) is 4.96. The second kappa shape index (κ2) is 7.31. The van der Waals surface area contributed by atoms with Crippen LogP contribution >= 0.6 is 11.8 Å². The quantitative estimate of drug-likeness (QED) is 0.700. The highest BCUT2D eigenvalue weighted by Crippen LogP contribution is 2.26. The molecule has 0 aliphatic rings. The van der Waals surface area contributed by atoms with Crippen molar-refractivity contribution in [2.24, 2.45) is 5.73 Å². The fraction of sp³-hybridized carbons (Fsp3) is 0.167. The van der Waals surface area contributed by atoms with Crippen molar-refractivity contribution in [2.75, 3.05) is 0 Å². The van der Waals surface area contributed by atoms with Crippen molar-refractivity contribution in [2.45, 2.75) is 23.9 Å². The van der Waals surface area contributed by atoms with E-state index in [-0.39, 0.29) is 6.04 Å². The lowest BCUT2D eigenvalue weighted by atomic mass is 10.1. The molecule has 2 N–H and O–H groups in total. The zero-order valence-electron chi connectivity index (χ0n) is 13.3. The van der Waals surface area contributed by atoms with Gasteiger partial charge in [-0.2, -0.15) is 0 Å². The molecule has 1 atom stereocenters. The number of nitrogens with zero attached hydrogens (tertiary/aromatic N) is 3. The zero-order chi connectivity index (χ0) is 16.9. The summed E-state index contributed by atoms with van der Waals surface area (Å²) < 4.78 is 2.05. The molecule has 0 spiro atoms. The number of aromatic nitrogens is 3. The van der Waals surface area contributed by atoms with Crippen LogP contribution in [0.2, 0.25) is 0 Å². The minimum atomic E-state index is -0.414. The summed E-state index contributed by atoms with van der Waals surface area (Å²) in [6.45, 7) is 2.12. The zero-order valence-corrected chi connectivity index (χ0v) is 14.1. The highest BCUT2D eigenvalue weighted by molar-refractivity contribution is 7.98. The molecule has 0 aliphatic carbocycles. The van der Waals surface area contributed by atoms with Gasteiger partial charge in [-0.3, -0.25) is 4.79 Å². The van der Waals surface area contributed by atoms with Crippen LogP contribution in [0.5, 0.6) is 0 Å². The number of carbonyl (C=O) groups excluding carboxylic acids is 1. The van der Waals surface area contributed by atoms with Gasteiger partial charge in [0, 0.05) is 11.3 Å². The van der Waals surface area contributed by atoms with E-state index < -0.39 is 5.91 Å².